The molecule has 2 nitrogen and oxygen atoms in total. The van der Waals surface area contributed by atoms with Crippen molar-refractivity contribution in [3.05, 3.63) is 78.9 Å². The van der Waals surface area contributed by atoms with Crippen molar-refractivity contribution in [2.75, 3.05) is 0 Å². The average Bonchev–Trinajstić information content (AvgIpc) is 2.56. The number of carbonyl (C=O) groups excluding carboxylic acids is 1. The second-order valence-electron chi connectivity index (χ2n) is 4.62. The number of hydrogen-bond donors (Lipinski definition) is 0. The zero-order valence-corrected chi connectivity index (χ0v) is 11.4. The number of hydrogen-bond acceptors (Lipinski definition) is 2. The second-order valence-corrected chi connectivity index (χ2v) is 4.62. The van der Waals surface area contributed by atoms with E-state index in [1.165, 1.54) is 0 Å². The lowest BCUT2D eigenvalue weighted by Gasteiger charge is -2.13. The first-order valence-electron chi connectivity index (χ1n) is 6.74. The molecular weight excluding hydrogens is 260 g/mol. The van der Waals surface area contributed by atoms with Crippen LogP contribution in [0, 0.1) is 0 Å². The molecule has 0 saturated heterocycles. The highest BCUT2D eigenvalue weighted by atomic mass is 16.5. The monoisotopic (exact) mass is 274 g/mol. The van der Waals surface area contributed by atoms with Gasteiger partial charge < -0.3 is 4.74 Å². The first-order valence-corrected chi connectivity index (χ1v) is 6.74. The third-order valence-corrected chi connectivity index (χ3v) is 3.35. The van der Waals surface area contributed by atoms with Crippen molar-refractivity contribution >= 4 is 6.47 Å². The third-order valence-electron chi connectivity index (χ3n) is 3.35. The van der Waals surface area contributed by atoms with Crippen LogP contribution in [-0.4, -0.2) is 6.47 Å². The van der Waals surface area contributed by atoms with Crippen LogP contribution in [0.5, 0.6) is 5.75 Å². The van der Waals surface area contributed by atoms with Gasteiger partial charge in [-0.15, -0.1) is 0 Å². The summed E-state index contributed by atoms with van der Waals surface area (Å²) in [7, 11) is 0. The lowest BCUT2D eigenvalue weighted by atomic mass is 9.94. The average molecular weight is 274 g/mol. The van der Waals surface area contributed by atoms with E-state index in [4.69, 9.17) is 4.74 Å². The molecule has 102 valence electrons. The summed E-state index contributed by atoms with van der Waals surface area (Å²) in [6.07, 6.45) is 0. The summed E-state index contributed by atoms with van der Waals surface area (Å²) in [4.78, 5) is 10.8. The van der Waals surface area contributed by atoms with E-state index < -0.39 is 0 Å². The smallest absolute Gasteiger partial charge is 0.298 e. The molecule has 3 rings (SSSR count). The van der Waals surface area contributed by atoms with Crippen LogP contribution in [-0.2, 0) is 4.79 Å². The highest BCUT2D eigenvalue weighted by molar-refractivity contribution is 5.88. The topological polar surface area (TPSA) is 26.3 Å². The Morgan fingerprint density at radius 1 is 0.667 bits per heavy atom. The van der Waals surface area contributed by atoms with E-state index in [-0.39, 0.29) is 0 Å². The molecule has 0 aromatic heterocycles. The van der Waals surface area contributed by atoms with Crippen LogP contribution in [0.3, 0.4) is 0 Å². The Morgan fingerprint density at radius 3 is 1.90 bits per heavy atom. The molecule has 0 saturated carbocycles. The summed E-state index contributed by atoms with van der Waals surface area (Å²) in [5, 5.41) is 0. The van der Waals surface area contributed by atoms with Gasteiger partial charge in [0.25, 0.3) is 6.47 Å². The fourth-order valence-corrected chi connectivity index (χ4v) is 2.44. The number of ether oxygens (including phenoxy) is 1. The SMILES string of the molecule is O=COc1cccc(-c2ccccc2)c1-c1ccccc1. The molecule has 0 amide bonds. The van der Waals surface area contributed by atoms with Crippen molar-refractivity contribution in [2.45, 2.75) is 0 Å². The minimum Gasteiger partial charge on any atom is -0.428 e. The van der Waals surface area contributed by atoms with Crippen molar-refractivity contribution in [2.24, 2.45) is 0 Å². The summed E-state index contributed by atoms with van der Waals surface area (Å²) in [6.45, 7) is 0.469. The van der Waals surface area contributed by atoms with Crippen LogP contribution < -0.4 is 4.74 Å². The first-order chi connectivity index (χ1) is 10.4. The van der Waals surface area contributed by atoms with E-state index in [1.54, 1.807) is 0 Å². The van der Waals surface area contributed by atoms with Crippen molar-refractivity contribution in [3.63, 3.8) is 0 Å². The molecule has 0 heterocycles. The van der Waals surface area contributed by atoms with E-state index in [0.717, 1.165) is 22.3 Å². The Kier molecular flexibility index (Phi) is 3.79. The lowest BCUT2D eigenvalue weighted by molar-refractivity contribution is -0.120. The Hall–Kier alpha value is -2.87. The van der Waals surface area contributed by atoms with Gasteiger partial charge in [-0.25, -0.2) is 0 Å². The standard InChI is InChI=1S/C19H14O2/c20-14-21-18-13-7-12-17(15-8-3-1-4-9-15)19(18)16-10-5-2-6-11-16/h1-14H. The minimum atomic E-state index is 0.469. The predicted molar refractivity (Wildman–Crippen MR) is 84.0 cm³/mol. The largest absolute Gasteiger partial charge is 0.428 e. The summed E-state index contributed by atoms with van der Waals surface area (Å²) >= 11 is 0. The van der Waals surface area contributed by atoms with Crippen molar-refractivity contribution in [3.8, 4) is 28.0 Å². The molecule has 0 spiro atoms. The van der Waals surface area contributed by atoms with E-state index in [1.807, 2.05) is 78.9 Å². The Bertz CT molecular complexity index is 734. The maximum absolute atomic E-state index is 10.8. The highest BCUT2D eigenvalue weighted by Gasteiger charge is 2.13. The van der Waals surface area contributed by atoms with Crippen LogP contribution in [0.15, 0.2) is 78.9 Å². The summed E-state index contributed by atoms with van der Waals surface area (Å²) < 4.78 is 5.17. The molecular formula is C19H14O2. The van der Waals surface area contributed by atoms with Crippen LogP contribution >= 0.6 is 0 Å². The molecule has 0 N–H and O–H groups in total. The van der Waals surface area contributed by atoms with Gasteiger partial charge in [0.2, 0.25) is 0 Å². The van der Waals surface area contributed by atoms with Gasteiger partial charge in [0.1, 0.15) is 5.75 Å². The van der Waals surface area contributed by atoms with Crippen LogP contribution in [0.2, 0.25) is 0 Å². The normalized spacial score (nSPS) is 10.1. The fourth-order valence-electron chi connectivity index (χ4n) is 2.44. The quantitative estimate of drug-likeness (QED) is 0.652. The number of benzene rings is 3. The van der Waals surface area contributed by atoms with Gasteiger partial charge in [-0.05, 0) is 22.8 Å². The summed E-state index contributed by atoms with van der Waals surface area (Å²) in [6, 6.07) is 25.8. The highest BCUT2D eigenvalue weighted by Crippen LogP contribution is 2.38. The molecule has 0 bridgehead atoms. The molecule has 21 heavy (non-hydrogen) atoms. The van der Waals surface area contributed by atoms with Gasteiger partial charge >= 0.3 is 0 Å². The maximum atomic E-state index is 10.8. The van der Waals surface area contributed by atoms with Gasteiger partial charge in [0, 0.05) is 5.56 Å². The van der Waals surface area contributed by atoms with E-state index in [9.17, 15) is 4.79 Å². The van der Waals surface area contributed by atoms with Gasteiger partial charge in [-0.3, -0.25) is 4.79 Å². The molecule has 2 heteroatoms. The van der Waals surface area contributed by atoms with E-state index in [2.05, 4.69) is 0 Å². The molecule has 0 unspecified atom stereocenters. The summed E-state index contributed by atoms with van der Waals surface area (Å²) in [5.41, 5.74) is 4.08. The Balaban J connectivity index is 2.25. The molecule has 0 aliphatic carbocycles. The molecule has 0 fully saturated rings. The van der Waals surface area contributed by atoms with Gasteiger partial charge in [0.15, 0.2) is 0 Å². The molecule has 0 aliphatic rings. The van der Waals surface area contributed by atoms with Crippen LogP contribution in [0.1, 0.15) is 0 Å². The third kappa shape index (κ3) is 2.70. The van der Waals surface area contributed by atoms with E-state index >= 15 is 0 Å². The fraction of sp³-hybridized carbons (Fsp3) is 0. The summed E-state index contributed by atoms with van der Waals surface area (Å²) in [5.74, 6) is 0.567. The first kappa shape index (κ1) is 13.1. The predicted octanol–water partition coefficient (Wildman–Crippen LogP) is 4.56. The van der Waals surface area contributed by atoms with Gasteiger partial charge in [-0.2, -0.15) is 0 Å². The molecule has 3 aromatic carbocycles. The Labute approximate surface area is 123 Å². The van der Waals surface area contributed by atoms with Crippen molar-refractivity contribution in [1.82, 2.24) is 0 Å². The van der Waals surface area contributed by atoms with Crippen molar-refractivity contribution < 1.29 is 9.53 Å². The van der Waals surface area contributed by atoms with Crippen molar-refractivity contribution in [1.29, 1.82) is 0 Å². The Morgan fingerprint density at radius 2 is 1.29 bits per heavy atom. The maximum Gasteiger partial charge on any atom is 0.298 e. The zero-order chi connectivity index (χ0) is 14.5. The van der Waals surface area contributed by atoms with Crippen LogP contribution in [0.25, 0.3) is 22.3 Å². The number of rotatable bonds is 4. The molecule has 0 radical (unpaired) electrons. The van der Waals surface area contributed by atoms with Crippen LogP contribution in [0.4, 0.5) is 0 Å². The van der Waals surface area contributed by atoms with E-state index in [0.29, 0.717) is 12.2 Å². The molecule has 3 aromatic rings. The van der Waals surface area contributed by atoms with Gasteiger partial charge in [-0.1, -0.05) is 72.8 Å². The molecule has 0 aliphatic heterocycles. The zero-order valence-electron chi connectivity index (χ0n) is 11.4. The molecule has 0 atom stereocenters. The number of carbonyl (C=O) groups is 1. The second kappa shape index (κ2) is 6.06. The minimum absolute atomic E-state index is 0.469. The van der Waals surface area contributed by atoms with Gasteiger partial charge in [0.05, 0.1) is 0 Å². The lowest BCUT2D eigenvalue weighted by Crippen LogP contribution is -1.94.